The zero-order chi connectivity index (χ0) is 16.7. The number of hydrogen-bond acceptors (Lipinski definition) is 4. The van der Waals surface area contributed by atoms with Gasteiger partial charge in [-0.3, -0.25) is 14.9 Å². The van der Waals surface area contributed by atoms with Crippen molar-refractivity contribution in [2.75, 3.05) is 0 Å². The number of aliphatic hydroxyl groups is 1. The SMILES string of the molecule is O=C1NC(=O)C(Oc2ccc3c(c2)Cc2ccccc2CC3)=C1O. The third kappa shape index (κ3) is 2.44. The Hall–Kier alpha value is -3.08. The number of aryl methyl sites for hydroxylation is 2. The first kappa shape index (κ1) is 14.5. The number of amides is 2. The van der Waals surface area contributed by atoms with E-state index in [0.29, 0.717) is 5.75 Å². The molecule has 0 unspecified atom stereocenters. The molecule has 5 heteroatoms. The van der Waals surface area contributed by atoms with E-state index in [9.17, 15) is 14.7 Å². The predicted octanol–water partition coefficient (Wildman–Crippen LogP) is 2.18. The van der Waals surface area contributed by atoms with Crippen LogP contribution in [0.1, 0.15) is 22.3 Å². The Morgan fingerprint density at radius 1 is 0.875 bits per heavy atom. The first-order chi connectivity index (χ1) is 11.6. The van der Waals surface area contributed by atoms with Crippen LogP contribution < -0.4 is 10.1 Å². The van der Waals surface area contributed by atoms with Gasteiger partial charge in [0.25, 0.3) is 11.8 Å². The monoisotopic (exact) mass is 321 g/mol. The highest BCUT2D eigenvalue weighted by molar-refractivity contribution is 6.17. The minimum Gasteiger partial charge on any atom is -0.500 e. The molecule has 0 spiro atoms. The van der Waals surface area contributed by atoms with Crippen molar-refractivity contribution < 1.29 is 19.4 Å². The van der Waals surface area contributed by atoms with Gasteiger partial charge in [0.1, 0.15) is 5.75 Å². The Balaban J connectivity index is 1.66. The fraction of sp³-hybridized carbons (Fsp3) is 0.158. The Labute approximate surface area is 138 Å². The zero-order valence-corrected chi connectivity index (χ0v) is 12.8. The van der Waals surface area contributed by atoms with Crippen LogP contribution in [0.3, 0.4) is 0 Å². The molecule has 2 N–H and O–H groups in total. The standard InChI is InChI=1S/C19H15NO4/c21-16-17(19(23)20-18(16)22)24-15-8-7-12-6-5-11-3-1-2-4-13(11)9-14(12)10-15/h1-4,7-8,10H,5-6,9H2,(H2,20,21,22,23). The van der Waals surface area contributed by atoms with E-state index in [1.54, 1.807) is 6.07 Å². The fourth-order valence-corrected chi connectivity index (χ4v) is 3.16. The highest BCUT2D eigenvalue weighted by Crippen LogP contribution is 2.28. The molecule has 1 aliphatic carbocycles. The van der Waals surface area contributed by atoms with Crippen molar-refractivity contribution in [1.82, 2.24) is 5.32 Å². The maximum atomic E-state index is 11.6. The van der Waals surface area contributed by atoms with Gasteiger partial charge in [0.05, 0.1) is 0 Å². The first-order valence-electron chi connectivity index (χ1n) is 7.77. The second-order valence-corrected chi connectivity index (χ2v) is 5.94. The van der Waals surface area contributed by atoms with Crippen LogP contribution in [0.2, 0.25) is 0 Å². The quantitative estimate of drug-likeness (QED) is 0.831. The summed E-state index contributed by atoms with van der Waals surface area (Å²) >= 11 is 0. The van der Waals surface area contributed by atoms with Gasteiger partial charge in [-0.25, -0.2) is 0 Å². The summed E-state index contributed by atoms with van der Waals surface area (Å²) in [6.45, 7) is 0. The van der Waals surface area contributed by atoms with E-state index in [0.717, 1.165) is 24.8 Å². The summed E-state index contributed by atoms with van der Waals surface area (Å²) in [5, 5.41) is 11.6. The number of carbonyl (C=O) groups is 2. The van der Waals surface area contributed by atoms with E-state index in [4.69, 9.17) is 4.74 Å². The molecular weight excluding hydrogens is 306 g/mol. The molecule has 2 amide bonds. The summed E-state index contributed by atoms with van der Waals surface area (Å²) in [6, 6.07) is 13.9. The lowest BCUT2D eigenvalue weighted by Gasteiger charge is -2.10. The summed E-state index contributed by atoms with van der Waals surface area (Å²) < 4.78 is 5.46. The maximum Gasteiger partial charge on any atom is 0.298 e. The van der Waals surface area contributed by atoms with Crippen LogP contribution in [0, 0.1) is 0 Å². The summed E-state index contributed by atoms with van der Waals surface area (Å²) in [5.74, 6) is -2.16. The molecule has 0 saturated carbocycles. The van der Waals surface area contributed by atoms with Crippen molar-refractivity contribution in [3.05, 3.63) is 76.2 Å². The molecular formula is C19H15NO4. The van der Waals surface area contributed by atoms with Crippen LogP contribution in [0.4, 0.5) is 0 Å². The van der Waals surface area contributed by atoms with Crippen molar-refractivity contribution in [3.63, 3.8) is 0 Å². The Kier molecular flexibility index (Phi) is 3.34. The number of aliphatic hydroxyl groups excluding tert-OH is 1. The van der Waals surface area contributed by atoms with Gasteiger partial charge in [-0.1, -0.05) is 30.3 Å². The second-order valence-electron chi connectivity index (χ2n) is 5.94. The third-order valence-electron chi connectivity index (χ3n) is 4.42. The number of ether oxygens (including phenoxy) is 1. The third-order valence-corrected chi connectivity index (χ3v) is 4.42. The van der Waals surface area contributed by atoms with Gasteiger partial charge in [0.2, 0.25) is 11.5 Å². The van der Waals surface area contributed by atoms with E-state index in [-0.39, 0.29) is 5.76 Å². The minimum absolute atomic E-state index is 0.353. The van der Waals surface area contributed by atoms with Crippen LogP contribution in [0.25, 0.3) is 0 Å². The molecule has 120 valence electrons. The largest absolute Gasteiger partial charge is 0.500 e. The van der Waals surface area contributed by atoms with Crippen LogP contribution in [-0.2, 0) is 28.9 Å². The number of rotatable bonds is 2. The summed E-state index contributed by atoms with van der Waals surface area (Å²) in [4.78, 5) is 22.9. The molecule has 2 aromatic rings. The van der Waals surface area contributed by atoms with Crippen molar-refractivity contribution in [1.29, 1.82) is 0 Å². The normalized spacial score (nSPS) is 16.3. The number of hydrogen-bond donors (Lipinski definition) is 2. The van der Waals surface area contributed by atoms with E-state index in [1.807, 2.05) is 29.6 Å². The number of carbonyl (C=O) groups excluding carboxylic acids is 2. The minimum atomic E-state index is -0.835. The molecule has 1 aliphatic heterocycles. The first-order valence-corrected chi connectivity index (χ1v) is 7.77. The second kappa shape index (κ2) is 5.53. The van der Waals surface area contributed by atoms with Gasteiger partial charge in [-0.05, 0) is 53.6 Å². The van der Waals surface area contributed by atoms with Gasteiger partial charge in [-0.2, -0.15) is 0 Å². The lowest BCUT2D eigenvalue weighted by atomic mass is 10.0. The molecule has 2 aliphatic rings. The highest BCUT2D eigenvalue weighted by Gasteiger charge is 2.32. The molecule has 0 radical (unpaired) electrons. The topological polar surface area (TPSA) is 75.6 Å². The van der Waals surface area contributed by atoms with Gasteiger partial charge in [-0.15, -0.1) is 0 Å². The highest BCUT2D eigenvalue weighted by atomic mass is 16.5. The van der Waals surface area contributed by atoms with E-state index >= 15 is 0 Å². The molecule has 5 nitrogen and oxygen atoms in total. The molecule has 0 bridgehead atoms. The number of fused-ring (bicyclic) bond motifs is 2. The van der Waals surface area contributed by atoms with E-state index in [2.05, 4.69) is 12.1 Å². The molecule has 1 heterocycles. The maximum absolute atomic E-state index is 11.6. The predicted molar refractivity (Wildman–Crippen MR) is 86.5 cm³/mol. The van der Waals surface area contributed by atoms with Gasteiger partial charge in [0.15, 0.2) is 0 Å². The van der Waals surface area contributed by atoms with E-state index in [1.165, 1.54) is 16.7 Å². The van der Waals surface area contributed by atoms with Crippen LogP contribution in [-0.4, -0.2) is 16.9 Å². The van der Waals surface area contributed by atoms with Crippen molar-refractivity contribution in [2.45, 2.75) is 19.3 Å². The average molecular weight is 321 g/mol. The zero-order valence-electron chi connectivity index (χ0n) is 12.8. The van der Waals surface area contributed by atoms with Gasteiger partial charge >= 0.3 is 0 Å². The Morgan fingerprint density at radius 3 is 2.29 bits per heavy atom. The number of nitrogens with one attached hydrogen (secondary N) is 1. The molecule has 4 rings (SSSR count). The van der Waals surface area contributed by atoms with Gasteiger partial charge in [0, 0.05) is 0 Å². The van der Waals surface area contributed by atoms with Gasteiger partial charge < -0.3 is 9.84 Å². The molecule has 2 aromatic carbocycles. The number of imide groups is 1. The van der Waals surface area contributed by atoms with E-state index < -0.39 is 17.6 Å². The fourth-order valence-electron chi connectivity index (χ4n) is 3.16. The Morgan fingerprint density at radius 2 is 1.58 bits per heavy atom. The molecule has 24 heavy (non-hydrogen) atoms. The Bertz CT molecular complexity index is 898. The van der Waals surface area contributed by atoms with Crippen LogP contribution in [0.15, 0.2) is 54.0 Å². The van der Waals surface area contributed by atoms with Crippen molar-refractivity contribution in [3.8, 4) is 5.75 Å². The van der Waals surface area contributed by atoms with Crippen molar-refractivity contribution in [2.24, 2.45) is 0 Å². The summed E-state index contributed by atoms with van der Waals surface area (Å²) in [5.41, 5.74) is 4.99. The molecule has 0 aromatic heterocycles. The van der Waals surface area contributed by atoms with Crippen LogP contribution in [0.5, 0.6) is 5.75 Å². The molecule has 0 saturated heterocycles. The summed E-state index contributed by atoms with van der Waals surface area (Å²) in [7, 11) is 0. The lowest BCUT2D eigenvalue weighted by molar-refractivity contribution is -0.125. The molecule has 0 atom stereocenters. The lowest BCUT2D eigenvalue weighted by Crippen LogP contribution is -2.24. The average Bonchev–Trinajstić information content (AvgIpc) is 2.75. The summed E-state index contributed by atoms with van der Waals surface area (Å²) in [6.07, 6.45) is 2.73. The van der Waals surface area contributed by atoms with Crippen LogP contribution >= 0.6 is 0 Å². The smallest absolute Gasteiger partial charge is 0.298 e. The molecule has 0 fully saturated rings. The number of benzene rings is 2. The van der Waals surface area contributed by atoms with Crippen molar-refractivity contribution >= 4 is 11.8 Å².